The van der Waals surface area contributed by atoms with Crippen molar-refractivity contribution >= 4 is 0 Å². The molecule has 0 unspecified atom stereocenters. The van der Waals surface area contributed by atoms with Gasteiger partial charge in [-0.25, -0.2) is 0 Å². The zero-order chi connectivity index (χ0) is 11.2. The molecule has 0 aliphatic rings. The third-order valence-electron chi connectivity index (χ3n) is 1.85. The second-order valence-corrected chi connectivity index (χ2v) is 5.27. The Balaban J connectivity index is 3.72. The van der Waals surface area contributed by atoms with Crippen LogP contribution < -0.4 is 0 Å². The molecule has 0 fully saturated rings. The first kappa shape index (κ1) is 13.9. The lowest BCUT2D eigenvalue weighted by Crippen LogP contribution is -2.35. The molecule has 0 amide bonds. The van der Waals surface area contributed by atoms with Gasteiger partial charge in [0, 0.05) is 13.2 Å². The van der Waals surface area contributed by atoms with Crippen LogP contribution in [-0.2, 0) is 9.47 Å². The van der Waals surface area contributed by atoms with E-state index in [1.165, 1.54) is 0 Å². The van der Waals surface area contributed by atoms with Gasteiger partial charge in [0.2, 0.25) is 0 Å². The summed E-state index contributed by atoms with van der Waals surface area (Å²) < 4.78 is 11.3. The predicted molar refractivity (Wildman–Crippen MR) is 60.6 cm³/mol. The molecule has 2 nitrogen and oxygen atoms in total. The molecule has 0 aliphatic heterocycles. The van der Waals surface area contributed by atoms with Gasteiger partial charge in [0.05, 0.1) is 11.2 Å². The van der Waals surface area contributed by atoms with Crippen molar-refractivity contribution in [2.24, 2.45) is 0 Å². The Kier molecular flexibility index (Phi) is 5.68. The summed E-state index contributed by atoms with van der Waals surface area (Å²) in [5.74, 6) is 0. The molecule has 0 aromatic heterocycles. The SMILES string of the molecule is CCOCCCC(C)(C)OC(C)(C)C. The first-order valence-corrected chi connectivity index (χ1v) is 5.55. The Morgan fingerprint density at radius 2 is 1.57 bits per heavy atom. The molecule has 0 heterocycles. The molecule has 0 N–H and O–H groups in total. The molecular weight excluding hydrogens is 176 g/mol. The molecule has 0 saturated heterocycles. The van der Waals surface area contributed by atoms with Crippen molar-refractivity contribution in [1.29, 1.82) is 0 Å². The number of hydrogen-bond acceptors (Lipinski definition) is 2. The minimum Gasteiger partial charge on any atom is -0.382 e. The lowest BCUT2D eigenvalue weighted by molar-refractivity contribution is -0.118. The van der Waals surface area contributed by atoms with Crippen molar-refractivity contribution in [3.05, 3.63) is 0 Å². The highest BCUT2D eigenvalue weighted by atomic mass is 16.5. The maximum absolute atomic E-state index is 5.95. The van der Waals surface area contributed by atoms with Gasteiger partial charge >= 0.3 is 0 Å². The summed E-state index contributed by atoms with van der Waals surface area (Å²) in [6, 6.07) is 0. The minimum atomic E-state index is -0.0604. The van der Waals surface area contributed by atoms with Crippen LogP contribution in [0.5, 0.6) is 0 Å². The smallest absolute Gasteiger partial charge is 0.0634 e. The molecule has 0 aliphatic carbocycles. The molecule has 86 valence electrons. The molecule has 0 aromatic carbocycles. The topological polar surface area (TPSA) is 18.5 Å². The average Bonchev–Trinajstić information content (AvgIpc) is 1.93. The van der Waals surface area contributed by atoms with E-state index in [1.807, 2.05) is 6.92 Å². The summed E-state index contributed by atoms with van der Waals surface area (Å²) >= 11 is 0. The van der Waals surface area contributed by atoms with Gasteiger partial charge in [-0.15, -0.1) is 0 Å². The van der Waals surface area contributed by atoms with Crippen molar-refractivity contribution in [2.45, 2.75) is 65.6 Å². The van der Waals surface area contributed by atoms with Gasteiger partial charge in [0.1, 0.15) is 0 Å². The van der Waals surface area contributed by atoms with E-state index in [0.29, 0.717) is 0 Å². The minimum absolute atomic E-state index is 0.0463. The zero-order valence-corrected chi connectivity index (χ0v) is 10.6. The number of rotatable bonds is 6. The average molecular weight is 202 g/mol. The fourth-order valence-electron chi connectivity index (χ4n) is 1.62. The fourth-order valence-corrected chi connectivity index (χ4v) is 1.62. The standard InChI is InChI=1S/C12H26O2/c1-7-13-10-8-9-12(5,6)14-11(2,3)4/h7-10H2,1-6H3. The van der Waals surface area contributed by atoms with Crippen LogP contribution in [0.3, 0.4) is 0 Å². The third-order valence-corrected chi connectivity index (χ3v) is 1.85. The Morgan fingerprint density at radius 3 is 2.00 bits per heavy atom. The van der Waals surface area contributed by atoms with Crippen molar-refractivity contribution in [2.75, 3.05) is 13.2 Å². The first-order chi connectivity index (χ1) is 6.27. The molecule has 0 spiro atoms. The van der Waals surface area contributed by atoms with E-state index in [0.717, 1.165) is 26.1 Å². The van der Waals surface area contributed by atoms with Gasteiger partial charge in [0.25, 0.3) is 0 Å². The van der Waals surface area contributed by atoms with Gasteiger partial charge in [-0.05, 0) is 54.4 Å². The lowest BCUT2D eigenvalue weighted by atomic mass is 10.0. The van der Waals surface area contributed by atoms with Crippen LogP contribution in [0.1, 0.15) is 54.4 Å². The van der Waals surface area contributed by atoms with E-state index in [1.54, 1.807) is 0 Å². The summed E-state index contributed by atoms with van der Waals surface area (Å²) in [5, 5.41) is 0. The maximum atomic E-state index is 5.95. The van der Waals surface area contributed by atoms with E-state index in [9.17, 15) is 0 Å². The summed E-state index contributed by atoms with van der Waals surface area (Å²) in [4.78, 5) is 0. The quantitative estimate of drug-likeness (QED) is 0.615. The van der Waals surface area contributed by atoms with Crippen LogP contribution in [0, 0.1) is 0 Å². The monoisotopic (exact) mass is 202 g/mol. The van der Waals surface area contributed by atoms with Gasteiger partial charge < -0.3 is 9.47 Å². The van der Waals surface area contributed by atoms with Crippen molar-refractivity contribution in [3.8, 4) is 0 Å². The Morgan fingerprint density at radius 1 is 1.00 bits per heavy atom. The number of ether oxygens (including phenoxy) is 2. The van der Waals surface area contributed by atoms with E-state index < -0.39 is 0 Å². The van der Waals surface area contributed by atoms with Crippen molar-refractivity contribution < 1.29 is 9.47 Å². The van der Waals surface area contributed by atoms with Crippen molar-refractivity contribution in [3.63, 3.8) is 0 Å². The predicted octanol–water partition coefficient (Wildman–Crippen LogP) is 3.40. The highest BCUT2D eigenvalue weighted by molar-refractivity contribution is 4.73. The van der Waals surface area contributed by atoms with Gasteiger partial charge in [-0.2, -0.15) is 0 Å². The normalized spacial score (nSPS) is 13.3. The van der Waals surface area contributed by atoms with Gasteiger partial charge in [-0.3, -0.25) is 0 Å². The number of hydrogen-bond donors (Lipinski definition) is 0. The summed E-state index contributed by atoms with van der Waals surface area (Å²) in [6.45, 7) is 14.2. The van der Waals surface area contributed by atoms with Crippen LogP contribution in [0.4, 0.5) is 0 Å². The fraction of sp³-hybridized carbons (Fsp3) is 1.00. The van der Waals surface area contributed by atoms with Crippen LogP contribution >= 0.6 is 0 Å². The summed E-state index contributed by atoms with van der Waals surface area (Å²) in [5.41, 5.74) is -0.107. The molecule has 0 atom stereocenters. The second kappa shape index (κ2) is 5.72. The summed E-state index contributed by atoms with van der Waals surface area (Å²) in [7, 11) is 0. The first-order valence-electron chi connectivity index (χ1n) is 5.55. The third kappa shape index (κ3) is 8.52. The highest BCUT2D eigenvalue weighted by Crippen LogP contribution is 2.23. The molecule has 0 bridgehead atoms. The molecule has 0 radical (unpaired) electrons. The van der Waals surface area contributed by atoms with Crippen molar-refractivity contribution in [1.82, 2.24) is 0 Å². The largest absolute Gasteiger partial charge is 0.382 e. The zero-order valence-electron chi connectivity index (χ0n) is 10.6. The Bertz CT molecular complexity index is 145. The van der Waals surface area contributed by atoms with E-state index >= 15 is 0 Å². The van der Waals surface area contributed by atoms with Crippen LogP contribution in [0.2, 0.25) is 0 Å². The van der Waals surface area contributed by atoms with Crippen LogP contribution in [0.15, 0.2) is 0 Å². The second-order valence-electron chi connectivity index (χ2n) is 5.27. The van der Waals surface area contributed by atoms with E-state index in [-0.39, 0.29) is 11.2 Å². The lowest BCUT2D eigenvalue weighted by Gasteiger charge is -2.33. The van der Waals surface area contributed by atoms with Gasteiger partial charge in [-0.1, -0.05) is 0 Å². The molecule has 14 heavy (non-hydrogen) atoms. The molecule has 0 aromatic rings. The molecular formula is C12H26O2. The molecule has 0 rings (SSSR count). The Hall–Kier alpha value is -0.0800. The Labute approximate surface area is 89.0 Å². The highest BCUT2D eigenvalue weighted by Gasteiger charge is 2.24. The van der Waals surface area contributed by atoms with Crippen LogP contribution in [0.25, 0.3) is 0 Å². The molecule has 0 saturated carbocycles. The maximum Gasteiger partial charge on any atom is 0.0634 e. The van der Waals surface area contributed by atoms with E-state index in [4.69, 9.17) is 9.47 Å². The van der Waals surface area contributed by atoms with E-state index in [2.05, 4.69) is 34.6 Å². The van der Waals surface area contributed by atoms with Crippen LogP contribution in [-0.4, -0.2) is 24.4 Å². The molecule has 2 heteroatoms. The van der Waals surface area contributed by atoms with Gasteiger partial charge in [0.15, 0.2) is 0 Å². The summed E-state index contributed by atoms with van der Waals surface area (Å²) in [6.07, 6.45) is 2.11.